The van der Waals surface area contributed by atoms with Gasteiger partial charge in [0.1, 0.15) is 5.75 Å². The summed E-state index contributed by atoms with van der Waals surface area (Å²) in [4.78, 5) is 5.29. The number of phenolic OH excluding ortho intramolecular Hbond substituents is 1. The van der Waals surface area contributed by atoms with Crippen LogP contribution in [-0.2, 0) is 27.8 Å². The number of aromatic hydroxyl groups is 1. The average Bonchev–Trinajstić information content (AvgIpc) is 3.21. The molecule has 4 bridgehead atoms. The molecule has 1 N–H and O–H groups in total. The highest BCUT2D eigenvalue weighted by Gasteiger charge is 2.48. The van der Waals surface area contributed by atoms with Crippen molar-refractivity contribution in [2.45, 2.75) is 175 Å². The molecular weight excluding hydrogens is 832 g/mol. The van der Waals surface area contributed by atoms with Crippen molar-refractivity contribution in [3.05, 3.63) is 118 Å². The number of pyridine rings is 1. The Morgan fingerprint density at radius 3 is 1.46 bits per heavy atom. The van der Waals surface area contributed by atoms with Crippen LogP contribution in [-0.4, -0.2) is 10.1 Å². The first-order chi connectivity index (χ1) is 31.3. The fraction of sp³-hybridized carbons (Fsp3) is 0.532. The number of nitrogens with zero attached hydrogens (tertiary/aromatic N) is 1. The molecule has 356 valence electrons. The van der Waals surface area contributed by atoms with Crippen molar-refractivity contribution in [3.63, 3.8) is 0 Å². The molecule has 0 radical (unpaired) electrons. The van der Waals surface area contributed by atoms with Crippen molar-refractivity contribution in [1.82, 2.24) is 4.98 Å². The maximum atomic E-state index is 15.4. The molecule has 2 nitrogen and oxygen atoms in total. The molecule has 4 fully saturated rings. The first-order valence-corrected chi connectivity index (χ1v) is 25.7. The lowest BCUT2D eigenvalue weighted by molar-refractivity contribution is -0.137. The third kappa shape index (κ3) is 9.28. The Labute approximate surface area is 400 Å². The molecule has 1 heterocycles. The number of aromatic nitrogens is 1. The molecule has 4 aliphatic rings. The number of rotatable bonds is 6. The van der Waals surface area contributed by atoms with E-state index in [0.29, 0.717) is 63.5 Å². The molecule has 0 saturated heterocycles. The number of fused-ring (bicyclic) bond motifs is 4. The Kier molecular flexibility index (Phi) is 12.1. The summed E-state index contributed by atoms with van der Waals surface area (Å²) >= 11 is 0. The zero-order valence-corrected chi connectivity index (χ0v) is 42.6. The van der Waals surface area contributed by atoms with Gasteiger partial charge in [-0.15, -0.1) is 0 Å². The Hall–Kier alpha value is -4.38. The predicted molar refractivity (Wildman–Crippen MR) is 273 cm³/mol. The molecule has 4 atom stereocenters. The van der Waals surface area contributed by atoms with Gasteiger partial charge in [-0.25, -0.2) is 4.98 Å². The molecule has 0 amide bonds. The number of aryl methyl sites for hydroxylation is 2. The van der Waals surface area contributed by atoms with E-state index in [1.54, 1.807) is 0 Å². The van der Waals surface area contributed by atoms with Crippen LogP contribution in [0.15, 0.2) is 78.9 Å². The number of hydrogen-bond acceptors (Lipinski definition) is 2. The lowest BCUT2D eigenvalue weighted by Crippen LogP contribution is -2.42. The highest BCUT2D eigenvalue weighted by Crippen LogP contribution is 2.59. The molecule has 9 rings (SSSR count). The van der Waals surface area contributed by atoms with E-state index in [1.165, 1.54) is 55.4 Å². The Morgan fingerprint density at radius 1 is 0.493 bits per heavy atom. The SMILES string of the molecule is Cc1ccc(-c2cc(C(C)(C)C)cc(C34CC(C)CC(CC(C)C3)C4)c2)c(-c2cc(C(F)(F)F)cc(-c3cc(C)ccc3-c3cc(C(C)(C)C)cc(C45CC(C)CC(CC(C)C4)C5)c3O)n2)c1. The molecule has 4 aromatic carbocycles. The van der Waals surface area contributed by atoms with Crippen LogP contribution in [0.5, 0.6) is 5.75 Å². The standard InChI is InChI=1S/C62H76F3NO/c1-36-13-15-49(44-23-45(58(7,8)9)25-47(24-44)60-30-38(3)17-42(34-60)18-39(4)31-60)51(21-36)55-28-48(62(63,64)65)29-56(66-55)52-22-37(2)14-16-50(52)53-26-46(59(10,11)12)27-54(57(53)67)61-32-40(5)19-43(35-61)20-41(6)33-61/h13-16,21-29,38-43,67H,17-20,30-35H2,1-12H3. The topological polar surface area (TPSA) is 33.1 Å². The van der Waals surface area contributed by atoms with Gasteiger partial charge >= 0.3 is 6.18 Å². The van der Waals surface area contributed by atoms with Gasteiger partial charge in [0.25, 0.3) is 0 Å². The van der Waals surface area contributed by atoms with E-state index in [0.717, 1.165) is 65.5 Å². The summed E-state index contributed by atoms with van der Waals surface area (Å²) < 4.78 is 46.3. The van der Waals surface area contributed by atoms with E-state index < -0.39 is 11.7 Å². The number of hydrogen-bond donors (Lipinski definition) is 1. The second-order valence-corrected chi connectivity index (χ2v) is 25.3. The van der Waals surface area contributed by atoms with Gasteiger partial charge in [0.2, 0.25) is 0 Å². The van der Waals surface area contributed by atoms with Gasteiger partial charge < -0.3 is 5.11 Å². The first kappa shape index (κ1) is 47.7. The van der Waals surface area contributed by atoms with Crippen LogP contribution < -0.4 is 0 Å². The van der Waals surface area contributed by atoms with Crippen molar-refractivity contribution in [1.29, 1.82) is 0 Å². The predicted octanol–water partition coefficient (Wildman–Crippen LogP) is 17.9. The minimum absolute atomic E-state index is 0.0750. The third-order valence-corrected chi connectivity index (χ3v) is 16.9. The number of alkyl halides is 3. The third-order valence-electron chi connectivity index (χ3n) is 16.9. The maximum absolute atomic E-state index is 15.4. The average molecular weight is 908 g/mol. The van der Waals surface area contributed by atoms with E-state index in [1.807, 2.05) is 38.1 Å². The zero-order valence-electron chi connectivity index (χ0n) is 42.6. The zero-order chi connectivity index (χ0) is 48.2. The Balaban J connectivity index is 1.25. The fourth-order valence-electron chi connectivity index (χ4n) is 14.5. The molecular formula is C62H76F3NO. The number of benzene rings is 4. The van der Waals surface area contributed by atoms with Crippen LogP contribution in [0.3, 0.4) is 0 Å². The number of halogens is 3. The quantitative estimate of drug-likeness (QED) is 0.184. The van der Waals surface area contributed by atoms with Crippen LogP contribution in [0.25, 0.3) is 44.8 Å². The summed E-state index contributed by atoms with van der Waals surface area (Å²) in [5.74, 6) is 3.96. The van der Waals surface area contributed by atoms with Gasteiger partial charge in [0.05, 0.1) is 17.0 Å². The Bertz CT molecular complexity index is 2650. The largest absolute Gasteiger partial charge is 0.507 e. The highest BCUT2D eigenvalue weighted by molar-refractivity contribution is 5.89. The molecule has 4 aliphatic carbocycles. The molecule has 4 unspecified atom stereocenters. The second kappa shape index (κ2) is 16.9. The van der Waals surface area contributed by atoms with Crippen LogP contribution in [0.4, 0.5) is 13.2 Å². The normalized spacial score (nSPS) is 27.8. The van der Waals surface area contributed by atoms with E-state index in [4.69, 9.17) is 4.98 Å². The summed E-state index contributed by atoms with van der Waals surface area (Å²) in [7, 11) is 0. The second-order valence-electron chi connectivity index (χ2n) is 25.3. The summed E-state index contributed by atoms with van der Waals surface area (Å²) in [6, 6.07) is 26.1. The van der Waals surface area contributed by atoms with E-state index in [-0.39, 0.29) is 33.1 Å². The molecule has 4 saturated carbocycles. The fourth-order valence-corrected chi connectivity index (χ4v) is 14.5. The molecule has 1 aromatic heterocycles. The van der Waals surface area contributed by atoms with Gasteiger partial charge in [-0.2, -0.15) is 13.2 Å². The summed E-state index contributed by atoms with van der Waals surface area (Å²) in [6.07, 6.45) is 7.00. The molecule has 5 heteroatoms. The lowest BCUT2D eigenvalue weighted by atomic mass is 9.54. The first-order valence-electron chi connectivity index (χ1n) is 25.7. The van der Waals surface area contributed by atoms with Crippen molar-refractivity contribution in [3.8, 4) is 50.5 Å². The molecule has 0 spiro atoms. The van der Waals surface area contributed by atoms with Gasteiger partial charge in [0.15, 0.2) is 0 Å². The van der Waals surface area contributed by atoms with E-state index in [9.17, 15) is 5.11 Å². The molecule has 67 heavy (non-hydrogen) atoms. The maximum Gasteiger partial charge on any atom is 0.416 e. The summed E-state index contributed by atoms with van der Waals surface area (Å²) in [5.41, 5.74) is 10.5. The van der Waals surface area contributed by atoms with Crippen molar-refractivity contribution in [2.24, 2.45) is 35.5 Å². The van der Waals surface area contributed by atoms with Gasteiger partial charge in [-0.05, 0) is 199 Å². The van der Waals surface area contributed by atoms with Crippen LogP contribution in [0, 0.1) is 49.4 Å². The van der Waals surface area contributed by atoms with Crippen molar-refractivity contribution >= 4 is 0 Å². The van der Waals surface area contributed by atoms with Crippen LogP contribution in [0.1, 0.15) is 172 Å². The minimum Gasteiger partial charge on any atom is -0.507 e. The lowest BCUT2D eigenvalue weighted by Gasteiger charge is -2.51. The molecule has 0 aliphatic heterocycles. The molecule has 5 aromatic rings. The summed E-state index contributed by atoms with van der Waals surface area (Å²) in [6.45, 7) is 27.0. The van der Waals surface area contributed by atoms with Crippen molar-refractivity contribution in [2.75, 3.05) is 0 Å². The summed E-state index contributed by atoms with van der Waals surface area (Å²) in [5, 5.41) is 12.8. The van der Waals surface area contributed by atoms with Gasteiger partial charge in [-0.3, -0.25) is 0 Å². The Morgan fingerprint density at radius 2 is 0.955 bits per heavy atom. The van der Waals surface area contributed by atoms with E-state index in [2.05, 4.69) is 112 Å². The van der Waals surface area contributed by atoms with Crippen LogP contribution >= 0.6 is 0 Å². The monoisotopic (exact) mass is 908 g/mol. The smallest absolute Gasteiger partial charge is 0.416 e. The minimum atomic E-state index is -4.63. The van der Waals surface area contributed by atoms with Crippen LogP contribution in [0.2, 0.25) is 0 Å². The van der Waals surface area contributed by atoms with E-state index >= 15 is 13.2 Å². The number of phenols is 1. The van der Waals surface area contributed by atoms with Gasteiger partial charge in [0, 0.05) is 22.3 Å². The van der Waals surface area contributed by atoms with Gasteiger partial charge in [-0.1, -0.05) is 129 Å². The highest BCUT2D eigenvalue weighted by atomic mass is 19.4. The van der Waals surface area contributed by atoms with Crippen molar-refractivity contribution < 1.29 is 18.3 Å².